The minimum atomic E-state index is -0.335. The second-order valence-corrected chi connectivity index (χ2v) is 4.34. The number of rotatable bonds is 4. The van der Waals surface area contributed by atoms with Crippen molar-refractivity contribution in [1.82, 2.24) is 0 Å². The molecule has 1 rings (SSSR count). The second kappa shape index (κ2) is 5.57. The van der Waals surface area contributed by atoms with Crippen molar-refractivity contribution < 1.29 is 18.9 Å². The van der Waals surface area contributed by atoms with Crippen molar-refractivity contribution in [2.75, 3.05) is 0 Å². The van der Waals surface area contributed by atoms with E-state index in [-0.39, 0.29) is 17.9 Å². The molecule has 0 saturated carbocycles. The van der Waals surface area contributed by atoms with Gasteiger partial charge in [0.15, 0.2) is 17.7 Å². The summed E-state index contributed by atoms with van der Waals surface area (Å²) in [5, 5.41) is 0. The average molecular weight is 236 g/mol. The molecule has 0 aliphatic rings. The Morgan fingerprint density at radius 3 is 2.53 bits per heavy atom. The van der Waals surface area contributed by atoms with E-state index >= 15 is 0 Å². The van der Waals surface area contributed by atoms with E-state index in [1.807, 2.05) is 20.8 Å². The molecule has 0 atom stereocenters. The molecule has 0 spiro atoms. The zero-order valence-corrected chi connectivity index (χ0v) is 10.7. The fourth-order valence-electron chi connectivity index (χ4n) is 1.47. The highest BCUT2D eigenvalue weighted by Gasteiger charge is 2.15. The summed E-state index contributed by atoms with van der Waals surface area (Å²) in [4.78, 5) is 22.7. The molecule has 0 unspecified atom stereocenters. The SMILES string of the molecule is CC(=O)C[n+]1ccc(C(=O)OC(C)C)cc1C. The summed E-state index contributed by atoms with van der Waals surface area (Å²) in [5.74, 6) is -0.256. The largest absolute Gasteiger partial charge is 0.459 e. The Hall–Kier alpha value is -1.71. The van der Waals surface area contributed by atoms with E-state index in [4.69, 9.17) is 4.74 Å². The van der Waals surface area contributed by atoms with Gasteiger partial charge in [-0.1, -0.05) is 0 Å². The van der Waals surface area contributed by atoms with E-state index in [1.54, 1.807) is 22.9 Å². The standard InChI is InChI=1S/C13H18NO3/c1-9(2)17-13(16)12-5-6-14(8-11(4)15)10(3)7-12/h5-7,9H,8H2,1-4H3/q+1. The maximum atomic E-state index is 11.6. The Kier molecular flexibility index (Phi) is 4.37. The van der Waals surface area contributed by atoms with Crippen LogP contribution in [-0.2, 0) is 16.1 Å². The number of esters is 1. The summed E-state index contributed by atoms with van der Waals surface area (Å²) in [7, 11) is 0. The lowest BCUT2D eigenvalue weighted by atomic mass is 10.2. The van der Waals surface area contributed by atoms with Crippen LogP contribution >= 0.6 is 0 Å². The maximum absolute atomic E-state index is 11.6. The predicted octanol–water partition coefficient (Wildman–Crippen LogP) is 1.44. The summed E-state index contributed by atoms with van der Waals surface area (Å²) >= 11 is 0. The molecular formula is C13H18NO3+. The van der Waals surface area contributed by atoms with Gasteiger partial charge in [-0.15, -0.1) is 0 Å². The Morgan fingerprint density at radius 2 is 2.06 bits per heavy atom. The average Bonchev–Trinajstić information content (AvgIpc) is 2.19. The van der Waals surface area contributed by atoms with Crippen LogP contribution in [0.1, 0.15) is 36.8 Å². The molecular weight excluding hydrogens is 218 g/mol. The Bertz CT molecular complexity index is 438. The van der Waals surface area contributed by atoms with Gasteiger partial charge in [0.1, 0.15) is 0 Å². The number of hydrogen-bond acceptors (Lipinski definition) is 3. The van der Waals surface area contributed by atoms with Gasteiger partial charge in [-0.25, -0.2) is 4.79 Å². The van der Waals surface area contributed by atoms with Crippen molar-refractivity contribution in [2.24, 2.45) is 0 Å². The van der Waals surface area contributed by atoms with Crippen molar-refractivity contribution in [3.8, 4) is 0 Å². The Labute approximate surface area is 101 Å². The Morgan fingerprint density at radius 1 is 1.41 bits per heavy atom. The molecule has 4 heteroatoms. The molecule has 1 heterocycles. The molecule has 0 aliphatic heterocycles. The molecule has 1 aromatic heterocycles. The lowest BCUT2D eigenvalue weighted by molar-refractivity contribution is -0.690. The van der Waals surface area contributed by atoms with Gasteiger partial charge in [-0.2, -0.15) is 4.57 Å². The van der Waals surface area contributed by atoms with E-state index in [0.717, 1.165) is 5.69 Å². The van der Waals surface area contributed by atoms with Crippen molar-refractivity contribution >= 4 is 11.8 Å². The first-order valence-electron chi connectivity index (χ1n) is 5.60. The van der Waals surface area contributed by atoms with Gasteiger partial charge in [0.25, 0.3) is 0 Å². The van der Waals surface area contributed by atoms with E-state index in [0.29, 0.717) is 12.1 Å². The highest BCUT2D eigenvalue weighted by atomic mass is 16.5. The lowest BCUT2D eigenvalue weighted by Gasteiger charge is -2.07. The molecule has 0 radical (unpaired) electrons. The fourth-order valence-corrected chi connectivity index (χ4v) is 1.47. The van der Waals surface area contributed by atoms with Crippen LogP contribution in [0.25, 0.3) is 0 Å². The number of ether oxygens (including phenoxy) is 1. The third-order valence-corrected chi connectivity index (χ3v) is 2.22. The number of ketones is 1. The number of carbonyl (C=O) groups is 2. The van der Waals surface area contributed by atoms with Crippen LogP contribution in [0.3, 0.4) is 0 Å². The fraction of sp³-hybridized carbons (Fsp3) is 0.462. The van der Waals surface area contributed by atoms with Crippen molar-refractivity contribution in [1.29, 1.82) is 0 Å². The minimum absolute atomic E-state index is 0.0793. The van der Waals surface area contributed by atoms with Crippen LogP contribution in [0.5, 0.6) is 0 Å². The number of Topliss-reactive ketones (excluding diaryl/α,β-unsaturated/α-hetero) is 1. The van der Waals surface area contributed by atoms with E-state index in [1.165, 1.54) is 6.92 Å². The number of aryl methyl sites for hydroxylation is 1. The third-order valence-electron chi connectivity index (χ3n) is 2.22. The van der Waals surface area contributed by atoms with Crippen LogP contribution in [0.15, 0.2) is 18.3 Å². The van der Waals surface area contributed by atoms with Gasteiger partial charge >= 0.3 is 5.97 Å². The minimum Gasteiger partial charge on any atom is -0.459 e. The molecule has 92 valence electrons. The Balaban J connectivity index is 2.88. The van der Waals surface area contributed by atoms with Gasteiger partial charge in [0.2, 0.25) is 6.54 Å². The summed E-state index contributed by atoms with van der Waals surface area (Å²) in [6.07, 6.45) is 1.60. The van der Waals surface area contributed by atoms with E-state index < -0.39 is 0 Å². The molecule has 0 N–H and O–H groups in total. The van der Waals surface area contributed by atoms with Gasteiger partial charge in [0, 0.05) is 26.0 Å². The summed E-state index contributed by atoms with van der Waals surface area (Å²) in [6, 6.07) is 3.40. The van der Waals surface area contributed by atoms with Crippen LogP contribution < -0.4 is 4.57 Å². The van der Waals surface area contributed by atoms with E-state index in [2.05, 4.69) is 0 Å². The first kappa shape index (κ1) is 13.4. The highest BCUT2D eigenvalue weighted by Crippen LogP contribution is 2.04. The molecule has 0 fully saturated rings. The summed E-state index contributed by atoms with van der Waals surface area (Å²) in [6.45, 7) is 7.33. The van der Waals surface area contributed by atoms with Crippen molar-refractivity contribution in [2.45, 2.75) is 40.3 Å². The number of pyridine rings is 1. The molecule has 1 aromatic rings. The van der Waals surface area contributed by atoms with Gasteiger partial charge in [0.05, 0.1) is 11.7 Å². The van der Waals surface area contributed by atoms with Crippen LogP contribution in [-0.4, -0.2) is 17.9 Å². The van der Waals surface area contributed by atoms with Crippen LogP contribution in [0, 0.1) is 6.92 Å². The van der Waals surface area contributed by atoms with Crippen molar-refractivity contribution in [3.05, 3.63) is 29.6 Å². The van der Waals surface area contributed by atoms with Gasteiger partial charge < -0.3 is 4.74 Å². The molecule has 0 bridgehead atoms. The molecule has 17 heavy (non-hydrogen) atoms. The first-order chi connectivity index (χ1) is 7.90. The molecule has 4 nitrogen and oxygen atoms in total. The zero-order chi connectivity index (χ0) is 13.0. The molecule has 0 amide bonds. The van der Waals surface area contributed by atoms with E-state index in [9.17, 15) is 9.59 Å². The normalized spacial score (nSPS) is 10.4. The number of carbonyl (C=O) groups excluding carboxylic acids is 2. The van der Waals surface area contributed by atoms with Crippen molar-refractivity contribution in [3.63, 3.8) is 0 Å². The molecule has 0 aliphatic carbocycles. The first-order valence-corrected chi connectivity index (χ1v) is 5.60. The second-order valence-electron chi connectivity index (χ2n) is 4.34. The quantitative estimate of drug-likeness (QED) is 0.587. The summed E-state index contributed by atoms with van der Waals surface area (Å²) in [5.41, 5.74) is 1.37. The molecule has 0 aromatic carbocycles. The summed E-state index contributed by atoms with van der Waals surface area (Å²) < 4.78 is 6.90. The number of nitrogens with zero attached hydrogens (tertiary/aromatic N) is 1. The smallest absolute Gasteiger partial charge is 0.338 e. The monoisotopic (exact) mass is 236 g/mol. The third kappa shape index (κ3) is 3.98. The number of hydrogen-bond donors (Lipinski definition) is 0. The predicted molar refractivity (Wildman–Crippen MR) is 62.6 cm³/mol. The maximum Gasteiger partial charge on any atom is 0.338 e. The molecule has 0 saturated heterocycles. The van der Waals surface area contributed by atoms with Gasteiger partial charge in [-0.3, -0.25) is 4.79 Å². The zero-order valence-electron chi connectivity index (χ0n) is 10.7. The lowest BCUT2D eigenvalue weighted by Crippen LogP contribution is -2.40. The number of aromatic nitrogens is 1. The topological polar surface area (TPSA) is 47.2 Å². The van der Waals surface area contributed by atoms with Crippen LogP contribution in [0.2, 0.25) is 0 Å². The van der Waals surface area contributed by atoms with Crippen LogP contribution in [0.4, 0.5) is 0 Å². The highest BCUT2D eigenvalue weighted by molar-refractivity contribution is 5.89. The van der Waals surface area contributed by atoms with Gasteiger partial charge in [-0.05, 0) is 13.8 Å².